The lowest BCUT2D eigenvalue weighted by Crippen LogP contribution is -2.30. The van der Waals surface area contributed by atoms with Crippen molar-refractivity contribution in [2.75, 3.05) is 25.5 Å². The minimum Gasteiger partial charge on any atom is -0.494 e. The highest BCUT2D eigenvalue weighted by atomic mass is 19.1. The van der Waals surface area contributed by atoms with Crippen LogP contribution in [-0.4, -0.2) is 36.9 Å². The smallest absolute Gasteiger partial charge is 0.255 e. The van der Waals surface area contributed by atoms with Crippen LogP contribution in [0.3, 0.4) is 0 Å². The Bertz CT molecular complexity index is 773. The molecule has 5 nitrogen and oxygen atoms in total. The lowest BCUT2D eigenvalue weighted by molar-refractivity contribution is 0.0772. The molecule has 2 rings (SSSR count). The highest BCUT2D eigenvalue weighted by Crippen LogP contribution is 2.19. The first-order valence-corrected chi connectivity index (χ1v) is 8.04. The zero-order valence-corrected chi connectivity index (χ0v) is 14.5. The van der Waals surface area contributed by atoms with Gasteiger partial charge in [-0.2, -0.15) is 0 Å². The number of carbonyl (C=O) groups excluding carboxylic acids is 2. The van der Waals surface area contributed by atoms with Crippen LogP contribution in [0.2, 0.25) is 0 Å². The molecule has 0 radical (unpaired) electrons. The molecule has 6 heteroatoms. The maximum absolute atomic E-state index is 13.7. The van der Waals surface area contributed by atoms with Crippen LogP contribution in [0, 0.1) is 5.82 Å². The summed E-state index contributed by atoms with van der Waals surface area (Å²) in [4.78, 5) is 26.4. The molecule has 0 aromatic heterocycles. The molecular weight excluding hydrogens is 323 g/mol. The van der Waals surface area contributed by atoms with Crippen LogP contribution in [0.1, 0.15) is 34.6 Å². The average molecular weight is 344 g/mol. The Morgan fingerprint density at radius 1 is 1.08 bits per heavy atom. The first kappa shape index (κ1) is 18.4. The van der Waals surface area contributed by atoms with Crippen molar-refractivity contribution in [1.29, 1.82) is 0 Å². The molecule has 2 aromatic rings. The number of benzene rings is 2. The van der Waals surface area contributed by atoms with Crippen molar-refractivity contribution >= 4 is 17.5 Å². The molecular formula is C19H21FN2O3. The Morgan fingerprint density at radius 2 is 1.80 bits per heavy atom. The maximum atomic E-state index is 13.7. The van der Waals surface area contributed by atoms with Crippen molar-refractivity contribution in [3.8, 4) is 5.75 Å². The number of rotatable bonds is 6. The largest absolute Gasteiger partial charge is 0.494 e. The fourth-order valence-corrected chi connectivity index (χ4v) is 2.43. The van der Waals surface area contributed by atoms with E-state index in [4.69, 9.17) is 4.74 Å². The second-order valence-electron chi connectivity index (χ2n) is 5.36. The first-order chi connectivity index (χ1) is 12.0. The number of methoxy groups -OCH3 is 1. The van der Waals surface area contributed by atoms with Gasteiger partial charge in [-0.15, -0.1) is 0 Å². The van der Waals surface area contributed by atoms with Crippen molar-refractivity contribution in [2.45, 2.75) is 13.8 Å². The van der Waals surface area contributed by atoms with Gasteiger partial charge in [-0.05, 0) is 50.2 Å². The number of nitrogens with one attached hydrogen (secondary N) is 1. The van der Waals surface area contributed by atoms with Gasteiger partial charge in [0.1, 0.15) is 0 Å². The minimum atomic E-state index is -0.611. The molecule has 0 aliphatic heterocycles. The van der Waals surface area contributed by atoms with E-state index >= 15 is 0 Å². The quantitative estimate of drug-likeness (QED) is 0.871. The highest BCUT2D eigenvalue weighted by molar-refractivity contribution is 6.05. The fourth-order valence-electron chi connectivity index (χ4n) is 2.43. The van der Waals surface area contributed by atoms with Crippen molar-refractivity contribution in [3.63, 3.8) is 0 Å². The second-order valence-corrected chi connectivity index (χ2v) is 5.36. The Balaban J connectivity index is 2.17. The number of anilines is 1. The standard InChI is InChI=1S/C19H21FN2O3/c1-4-22(5-2)19(24)14-7-6-8-15(11-14)21-18(23)13-9-10-17(25-3)16(20)12-13/h6-12H,4-5H2,1-3H3,(H,21,23). The number of hydrogen-bond donors (Lipinski definition) is 1. The summed E-state index contributed by atoms with van der Waals surface area (Å²) < 4.78 is 18.6. The van der Waals surface area contributed by atoms with Crippen LogP contribution in [0.25, 0.3) is 0 Å². The van der Waals surface area contributed by atoms with Gasteiger partial charge in [0.05, 0.1) is 7.11 Å². The monoisotopic (exact) mass is 344 g/mol. The summed E-state index contributed by atoms with van der Waals surface area (Å²) >= 11 is 0. The summed E-state index contributed by atoms with van der Waals surface area (Å²) in [5.74, 6) is -1.10. The van der Waals surface area contributed by atoms with E-state index in [-0.39, 0.29) is 17.2 Å². The molecule has 0 saturated heterocycles. The molecule has 2 amide bonds. The zero-order chi connectivity index (χ0) is 18.4. The molecule has 0 unspecified atom stereocenters. The number of nitrogens with zero attached hydrogens (tertiary/aromatic N) is 1. The van der Waals surface area contributed by atoms with Crippen molar-refractivity contribution in [3.05, 3.63) is 59.4 Å². The van der Waals surface area contributed by atoms with Crippen LogP contribution in [-0.2, 0) is 0 Å². The third-order valence-electron chi connectivity index (χ3n) is 3.83. The molecule has 0 atom stereocenters. The van der Waals surface area contributed by atoms with Gasteiger partial charge in [-0.25, -0.2) is 4.39 Å². The third-order valence-corrected chi connectivity index (χ3v) is 3.83. The summed E-state index contributed by atoms with van der Waals surface area (Å²) in [6.45, 7) is 5.03. The van der Waals surface area contributed by atoms with Gasteiger partial charge in [0.25, 0.3) is 11.8 Å². The molecule has 0 saturated carbocycles. The fraction of sp³-hybridized carbons (Fsp3) is 0.263. The number of carbonyl (C=O) groups is 2. The Hall–Kier alpha value is -2.89. The van der Waals surface area contributed by atoms with Crippen molar-refractivity contribution in [1.82, 2.24) is 4.90 Å². The SMILES string of the molecule is CCN(CC)C(=O)c1cccc(NC(=O)c2ccc(OC)c(F)c2)c1. The number of amides is 2. The van der Waals surface area contributed by atoms with Gasteiger partial charge in [0, 0.05) is 29.9 Å². The molecule has 1 N–H and O–H groups in total. The molecule has 0 aliphatic carbocycles. The topological polar surface area (TPSA) is 58.6 Å². The van der Waals surface area contributed by atoms with E-state index in [1.54, 1.807) is 29.2 Å². The number of hydrogen-bond acceptors (Lipinski definition) is 3. The van der Waals surface area contributed by atoms with E-state index in [0.717, 1.165) is 6.07 Å². The van der Waals surface area contributed by atoms with Crippen molar-refractivity contribution in [2.24, 2.45) is 0 Å². The van der Waals surface area contributed by atoms with Gasteiger partial charge in [-0.3, -0.25) is 9.59 Å². The average Bonchev–Trinajstić information content (AvgIpc) is 2.62. The van der Waals surface area contributed by atoms with Gasteiger partial charge < -0.3 is 15.0 Å². The van der Waals surface area contributed by atoms with Crippen molar-refractivity contribution < 1.29 is 18.7 Å². The van der Waals surface area contributed by atoms with E-state index in [1.807, 2.05) is 13.8 Å². The van der Waals surface area contributed by atoms with Crippen LogP contribution in [0.5, 0.6) is 5.75 Å². The maximum Gasteiger partial charge on any atom is 0.255 e. The molecule has 25 heavy (non-hydrogen) atoms. The van der Waals surface area contributed by atoms with Gasteiger partial charge in [0.2, 0.25) is 0 Å². The third kappa shape index (κ3) is 4.35. The van der Waals surface area contributed by atoms with E-state index < -0.39 is 11.7 Å². The molecule has 0 bridgehead atoms. The lowest BCUT2D eigenvalue weighted by atomic mass is 10.1. The summed E-state index contributed by atoms with van der Waals surface area (Å²) in [5, 5.41) is 2.68. The molecule has 0 aliphatic rings. The predicted octanol–water partition coefficient (Wildman–Crippen LogP) is 3.57. The molecule has 0 heterocycles. The Morgan fingerprint density at radius 3 is 2.40 bits per heavy atom. The zero-order valence-electron chi connectivity index (χ0n) is 14.5. The summed E-state index contributed by atoms with van der Waals surface area (Å²) in [6, 6.07) is 10.7. The van der Waals surface area contributed by atoms with E-state index in [0.29, 0.717) is 24.3 Å². The Labute approximate surface area is 146 Å². The van der Waals surface area contributed by atoms with Gasteiger partial charge in [-0.1, -0.05) is 6.07 Å². The summed E-state index contributed by atoms with van der Waals surface area (Å²) in [6.07, 6.45) is 0. The predicted molar refractivity (Wildman–Crippen MR) is 94.6 cm³/mol. The van der Waals surface area contributed by atoms with Crippen LogP contribution in [0.4, 0.5) is 10.1 Å². The van der Waals surface area contributed by atoms with Gasteiger partial charge in [0.15, 0.2) is 11.6 Å². The Kier molecular flexibility index (Phi) is 6.11. The lowest BCUT2D eigenvalue weighted by Gasteiger charge is -2.19. The molecule has 0 fully saturated rings. The molecule has 132 valence electrons. The second kappa shape index (κ2) is 8.28. The molecule has 0 spiro atoms. The van der Waals surface area contributed by atoms with Crippen LogP contribution in [0.15, 0.2) is 42.5 Å². The normalized spacial score (nSPS) is 10.2. The first-order valence-electron chi connectivity index (χ1n) is 8.04. The minimum absolute atomic E-state index is 0.0726. The van der Waals surface area contributed by atoms with Crippen LogP contribution >= 0.6 is 0 Å². The highest BCUT2D eigenvalue weighted by Gasteiger charge is 2.14. The molecule has 2 aromatic carbocycles. The van der Waals surface area contributed by atoms with Crippen LogP contribution < -0.4 is 10.1 Å². The number of ether oxygens (including phenoxy) is 1. The number of halogens is 1. The van der Waals surface area contributed by atoms with E-state index in [2.05, 4.69) is 5.32 Å². The summed E-state index contributed by atoms with van der Waals surface area (Å²) in [5.41, 5.74) is 1.13. The van der Waals surface area contributed by atoms with E-state index in [1.165, 1.54) is 19.2 Å². The van der Waals surface area contributed by atoms with E-state index in [9.17, 15) is 14.0 Å². The summed E-state index contributed by atoms with van der Waals surface area (Å²) in [7, 11) is 1.36. The van der Waals surface area contributed by atoms with Gasteiger partial charge >= 0.3 is 0 Å².